The van der Waals surface area contributed by atoms with Crippen LogP contribution in [-0.2, 0) is 0 Å². The number of halogens is 3. The Bertz CT molecular complexity index is 380. The van der Waals surface area contributed by atoms with Gasteiger partial charge in [0.2, 0.25) is 5.91 Å². The van der Waals surface area contributed by atoms with Crippen molar-refractivity contribution in [3.63, 3.8) is 0 Å². The van der Waals surface area contributed by atoms with Crippen molar-refractivity contribution in [1.29, 1.82) is 0 Å². The van der Waals surface area contributed by atoms with E-state index in [0.717, 1.165) is 0 Å². The van der Waals surface area contributed by atoms with Gasteiger partial charge in [0.1, 0.15) is 0 Å². The number of hydrogen-bond acceptors (Lipinski definition) is 1. The predicted molar refractivity (Wildman–Crippen MR) is 47.7 cm³/mol. The lowest BCUT2D eigenvalue weighted by atomic mass is 9.92. The Labute approximate surface area is 84.7 Å². The van der Waals surface area contributed by atoms with Gasteiger partial charge in [-0.05, 0) is 18.6 Å². The molecule has 2 nitrogen and oxygen atoms in total. The minimum absolute atomic E-state index is 0.117. The van der Waals surface area contributed by atoms with Crippen LogP contribution in [0, 0.1) is 0 Å². The Morgan fingerprint density at radius 1 is 1.47 bits per heavy atom. The van der Waals surface area contributed by atoms with Crippen LogP contribution >= 0.6 is 0 Å². The Morgan fingerprint density at radius 3 is 2.87 bits per heavy atom. The summed E-state index contributed by atoms with van der Waals surface area (Å²) in [5.74, 6) is -0.689. The van der Waals surface area contributed by atoms with Gasteiger partial charge in [-0.3, -0.25) is 9.36 Å². The third-order valence-electron chi connectivity index (χ3n) is 2.65. The van der Waals surface area contributed by atoms with Gasteiger partial charge in [0.05, 0.1) is 6.42 Å². The van der Waals surface area contributed by atoms with Gasteiger partial charge in [-0.15, -0.1) is 0 Å². The number of alkyl halides is 3. The van der Waals surface area contributed by atoms with Crippen molar-refractivity contribution in [2.75, 3.05) is 0 Å². The summed E-state index contributed by atoms with van der Waals surface area (Å²) in [6.07, 6.45) is -2.99. The van der Waals surface area contributed by atoms with E-state index in [1.54, 1.807) is 12.1 Å². The third kappa shape index (κ3) is 2.06. The Balaban J connectivity index is 2.25. The summed E-state index contributed by atoms with van der Waals surface area (Å²) in [5, 5.41) is 0. The molecule has 2 heterocycles. The minimum atomic E-state index is -4.17. The second-order valence-electron chi connectivity index (χ2n) is 3.75. The summed E-state index contributed by atoms with van der Waals surface area (Å²) in [6.45, 7) is 0. The van der Waals surface area contributed by atoms with E-state index in [1.165, 1.54) is 10.8 Å². The molecule has 0 spiro atoms. The van der Waals surface area contributed by atoms with Crippen molar-refractivity contribution in [3.8, 4) is 0 Å². The van der Waals surface area contributed by atoms with Crippen LogP contribution < -0.4 is 0 Å². The third-order valence-corrected chi connectivity index (χ3v) is 2.65. The maximum absolute atomic E-state index is 12.2. The van der Waals surface area contributed by atoms with Crippen LogP contribution in [0.2, 0.25) is 0 Å². The molecule has 1 aromatic heterocycles. The quantitative estimate of drug-likeness (QED) is 0.708. The zero-order valence-corrected chi connectivity index (χ0v) is 7.92. The molecule has 0 radical (unpaired) electrons. The first-order valence-corrected chi connectivity index (χ1v) is 4.74. The summed E-state index contributed by atoms with van der Waals surface area (Å²) < 4.78 is 38.1. The molecule has 1 aliphatic rings. The van der Waals surface area contributed by atoms with Crippen LogP contribution in [-0.4, -0.2) is 16.7 Å². The van der Waals surface area contributed by atoms with E-state index < -0.39 is 18.5 Å². The average Bonchev–Trinajstić information content (AvgIpc) is 2.57. The summed E-state index contributed by atoms with van der Waals surface area (Å²) >= 11 is 0. The lowest BCUT2D eigenvalue weighted by molar-refractivity contribution is -0.139. The second-order valence-corrected chi connectivity index (χ2v) is 3.75. The van der Waals surface area contributed by atoms with E-state index in [4.69, 9.17) is 0 Å². The SMILES string of the molecule is O=C1CCC(CC(F)(F)F)c2cccn21. The maximum atomic E-state index is 12.2. The van der Waals surface area contributed by atoms with E-state index in [-0.39, 0.29) is 12.3 Å². The topological polar surface area (TPSA) is 22.0 Å². The molecule has 0 aliphatic carbocycles. The van der Waals surface area contributed by atoms with Gasteiger partial charge in [0, 0.05) is 24.2 Å². The predicted octanol–water partition coefficient (Wildman–Crippen LogP) is 2.96. The van der Waals surface area contributed by atoms with Crippen molar-refractivity contribution < 1.29 is 18.0 Å². The molecule has 1 aromatic rings. The van der Waals surface area contributed by atoms with Crippen molar-refractivity contribution in [3.05, 3.63) is 24.0 Å². The molecule has 0 saturated carbocycles. The van der Waals surface area contributed by atoms with Crippen LogP contribution in [0.15, 0.2) is 18.3 Å². The van der Waals surface area contributed by atoms with Crippen LogP contribution in [0.25, 0.3) is 0 Å². The van der Waals surface area contributed by atoms with Crippen LogP contribution in [0.5, 0.6) is 0 Å². The number of nitrogens with zero attached hydrogens (tertiary/aromatic N) is 1. The molecule has 0 amide bonds. The zero-order chi connectivity index (χ0) is 11.1. The van der Waals surface area contributed by atoms with Crippen LogP contribution in [0.3, 0.4) is 0 Å². The monoisotopic (exact) mass is 217 g/mol. The summed E-state index contributed by atoms with van der Waals surface area (Å²) in [6, 6.07) is 3.20. The van der Waals surface area contributed by atoms with Gasteiger partial charge in [-0.2, -0.15) is 13.2 Å². The molecule has 82 valence electrons. The number of carbonyl (C=O) groups is 1. The summed E-state index contributed by atoms with van der Waals surface area (Å²) in [5.41, 5.74) is 0.489. The normalized spacial score (nSPS) is 21.5. The van der Waals surface area contributed by atoms with E-state index in [1.807, 2.05) is 0 Å². The lowest BCUT2D eigenvalue weighted by Crippen LogP contribution is -2.25. The lowest BCUT2D eigenvalue weighted by Gasteiger charge is -2.24. The smallest absolute Gasteiger partial charge is 0.291 e. The van der Waals surface area contributed by atoms with Crippen molar-refractivity contribution in [1.82, 2.24) is 4.57 Å². The van der Waals surface area contributed by atoms with Gasteiger partial charge >= 0.3 is 6.18 Å². The first kappa shape index (κ1) is 10.3. The fourth-order valence-electron chi connectivity index (χ4n) is 2.01. The standard InChI is InChI=1S/C10H10F3NO/c11-10(12,13)6-7-3-4-9(15)14-5-1-2-8(7)14/h1-2,5,7H,3-4,6H2. The van der Waals surface area contributed by atoms with E-state index >= 15 is 0 Å². The number of fused-ring (bicyclic) bond motifs is 1. The second kappa shape index (κ2) is 3.40. The molecule has 0 bridgehead atoms. The van der Waals surface area contributed by atoms with Crippen LogP contribution in [0.4, 0.5) is 13.2 Å². The average molecular weight is 217 g/mol. The van der Waals surface area contributed by atoms with Gasteiger partial charge < -0.3 is 0 Å². The van der Waals surface area contributed by atoms with Gasteiger partial charge in [-0.25, -0.2) is 0 Å². The molecule has 1 atom stereocenters. The highest BCUT2D eigenvalue weighted by Gasteiger charge is 2.36. The van der Waals surface area contributed by atoms with Gasteiger partial charge in [-0.1, -0.05) is 0 Å². The molecular weight excluding hydrogens is 207 g/mol. The molecule has 5 heteroatoms. The van der Waals surface area contributed by atoms with Crippen molar-refractivity contribution in [2.24, 2.45) is 0 Å². The maximum Gasteiger partial charge on any atom is 0.389 e. The molecule has 0 fully saturated rings. The number of aromatic nitrogens is 1. The highest BCUT2D eigenvalue weighted by molar-refractivity contribution is 5.81. The molecule has 15 heavy (non-hydrogen) atoms. The Morgan fingerprint density at radius 2 is 2.20 bits per heavy atom. The number of hydrogen-bond donors (Lipinski definition) is 0. The first-order chi connectivity index (χ1) is 6.97. The Kier molecular flexibility index (Phi) is 2.32. The van der Waals surface area contributed by atoms with E-state index in [0.29, 0.717) is 12.1 Å². The largest absolute Gasteiger partial charge is 0.389 e. The summed E-state index contributed by atoms with van der Waals surface area (Å²) in [4.78, 5) is 11.3. The molecular formula is C10H10F3NO. The molecule has 0 saturated heterocycles. The van der Waals surface area contributed by atoms with E-state index in [2.05, 4.69) is 0 Å². The fourth-order valence-corrected chi connectivity index (χ4v) is 2.01. The molecule has 2 rings (SSSR count). The highest BCUT2D eigenvalue weighted by Crippen LogP contribution is 2.36. The highest BCUT2D eigenvalue weighted by atomic mass is 19.4. The summed E-state index contributed by atoms with van der Waals surface area (Å²) in [7, 11) is 0. The first-order valence-electron chi connectivity index (χ1n) is 4.74. The van der Waals surface area contributed by atoms with Crippen molar-refractivity contribution >= 4 is 5.91 Å². The number of carbonyl (C=O) groups excluding carboxylic acids is 1. The van der Waals surface area contributed by atoms with Crippen LogP contribution in [0.1, 0.15) is 35.7 Å². The molecule has 0 N–H and O–H groups in total. The van der Waals surface area contributed by atoms with Crippen molar-refractivity contribution in [2.45, 2.75) is 31.4 Å². The van der Waals surface area contributed by atoms with Gasteiger partial charge in [0.15, 0.2) is 0 Å². The molecule has 1 aliphatic heterocycles. The number of rotatable bonds is 1. The zero-order valence-electron chi connectivity index (χ0n) is 7.92. The fraction of sp³-hybridized carbons (Fsp3) is 0.500. The van der Waals surface area contributed by atoms with E-state index in [9.17, 15) is 18.0 Å². The molecule has 1 unspecified atom stereocenters. The molecule has 0 aromatic carbocycles. The minimum Gasteiger partial charge on any atom is -0.291 e. The Hall–Kier alpha value is -1.26. The van der Waals surface area contributed by atoms with Gasteiger partial charge in [0.25, 0.3) is 0 Å².